The van der Waals surface area contributed by atoms with Crippen LogP contribution < -0.4 is 11.1 Å². The molecule has 3 rings (SSSR count). The molecule has 0 radical (unpaired) electrons. The number of carbonyl (C=O) groups excluding carboxylic acids is 1. The van der Waals surface area contributed by atoms with Gasteiger partial charge in [0.1, 0.15) is 5.69 Å². The molecule has 0 spiro atoms. The number of hydrogen-bond donors (Lipinski definition) is 2. The summed E-state index contributed by atoms with van der Waals surface area (Å²) in [6.07, 6.45) is 3.07. The van der Waals surface area contributed by atoms with Gasteiger partial charge in [-0.15, -0.1) is 11.3 Å². The summed E-state index contributed by atoms with van der Waals surface area (Å²) in [7, 11) is 0. The van der Waals surface area contributed by atoms with Crippen molar-refractivity contribution in [3.63, 3.8) is 0 Å². The Labute approximate surface area is 103 Å². The molecule has 0 saturated carbocycles. The summed E-state index contributed by atoms with van der Waals surface area (Å²) < 4.78 is 1.99. The molecular formula is C11H14N4OS. The zero-order valence-electron chi connectivity index (χ0n) is 9.40. The summed E-state index contributed by atoms with van der Waals surface area (Å²) in [6.45, 7) is 2.20. The molecule has 17 heavy (non-hydrogen) atoms. The van der Waals surface area contributed by atoms with E-state index in [1.54, 1.807) is 17.5 Å². The van der Waals surface area contributed by atoms with Crippen LogP contribution in [0.15, 0.2) is 6.20 Å². The minimum Gasteiger partial charge on any atom is -0.330 e. The Bertz CT molecular complexity index is 571. The number of nitrogens with zero attached hydrogens (tertiary/aromatic N) is 2. The highest BCUT2D eigenvalue weighted by molar-refractivity contribution is 7.17. The van der Waals surface area contributed by atoms with Crippen molar-refractivity contribution in [3.05, 3.63) is 22.5 Å². The molecule has 1 aliphatic rings. The van der Waals surface area contributed by atoms with E-state index in [1.807, 2.05) is 4.40 Å². The number of carbonyl (C=O) groups is 1. The van der Waals surface area contributed by atoms with Crippen LogP contribution in [0.25, 0.3) is 4.96 Å². The summed E-state index contributed by atoms with van der Waals surface area (Å²) in [5.74, 6) is 0.0752. The van der Waals surface area contributed by atoms with Crippen LogP contribution in [-0.2, 0) is 13.0 Å². The molecule has 0 fully saturated rings. The average molecular weight is 250 g/mol. The Balaban J connectivity index is 2.13. The molecule has 1 aliphatic heterocycles. The number of nitrogens with two attached hydrogens (primary N) is 1. The third kappa shape index (κ3) is 1.69. The van der Waals surface area contributed by atoms with E-state index in [0.717, 1.165) is 24.5 Å². The molecule has 6 heteroatoms. The molecule has 0 amide bonds. The molecular weight excluding hydrogens is 236 g/mol. The average Bonchev–Trinajstić information content (AvgIpc) is 2.87. The van der Waals surface area contributed by atoms with E-state index in [-0.39, 0.29) is 5.78 Å². The Morgan fingerprint density at radius 3 is 3.35 bits per heavy atom. The summed E-state index contributed by atoms with van der Waals surface area (Å²) >= 11 is 1.68. The van der Waals surface area contributed by atoms with Crippen LogP contribution in [0.3, 0.4) is 0 Å². The van der Waals surface area contributed by atoms with Gasteiger partial charge in [0.15, 0.2) is 10.7 Å². The van der Waals surface area contributed by atoms with E-state index in [2.05, 4.69) is 10.3 Å². The fourth-order valence-electron chi connectivity index (χ4n) is 2.20. The molecule has 0 saturated heterocycles. The predicted molar refractivity (Wildman–Crippen MR) is 66.5 cm³/mol. The molecule has 2 aromatic heterocycles. The first-order chi connectivity index (χ1) is 8.31. The third-order valence-electron chi connectivity index (χ3n) is 3.01. The van der Waals surface area contributed by atoms with Gasteiger partial charge in [-0.3, -0.25) is 9.20 Å². The van der Waals surface area contributed by atoms with Gasteiger partial charge < -0.3 is 11.1 Å². The van der Waals surface area contributed by atoms with Crippen molar-refractivity contribution in [1.82, 2.24) is 14.7 Å². The van der Waals surface area contributed by atoms with E-state index < -0.39 is 0 Å². The van der Waals surface area contributed by atoms with Gasteiger partial charge in [0, 0.05) is 24.4 Å². The molecule has 0 unspecified atom stereocenters. The standard InChI is InChI=1S/C11H14N4OS/c12-3-1-9(16)7-6-14-11-15(7)8-5-13-4-2-10(8)17-11/h6,13H,1-5,12H2. The van der Waals surface area contributed by atoms with E-state index in [1.165, 1.54) is 10.6 Å². The lowest BCUT2D eigenvalue weighted by Crippen LogP contribution is -2.24. The highest BCUT2D eigenvalue weighted by atomic mass is 32.1. The number of hydrogen-bond acceptors (Lipinski definition) is 5. The number of thiazole rings is 1. The largest absolute Gasteiger partial charge is 0.330 e. The van der Waals surface area contributed by atoms with Crippen molar-refractivity contribution in [1.29, 1.82) is 0 Å². The lowest BCUT2D eigenvalue weighted by Gasteiger charge is -2.13. The summed E-state index contributed by atoms with van der Waals surface area (Å²) in [6, 6.07) is 0. The lowest BCUT2D eigenvalue weighted by molar-refractivity contribution is 0.0979. The van der Waals surface area contributed by atoms with Crippen LogP contribution in [0.5, 0.6) is 0 Å². The molecule has 3 N–H and O–H groups in total. The molecule has 2 aromatic rings. The number of fused-ring (bicyclic) bond motifs is 3. The number of imidazole rings is 1. The summed E-state index contributed by atoms with van der Waals surface area (Å²) in [5.41, 5.74) is 7.29. The summed E-state index contributed by atoms with van der Waals surface area (Å²) in [4.78, 5) is 18.5. The van der Waals surface area contributed by atoms with Gasteiger partial charge in [-0.2, -0.15) is 0 Å². The Morgan fingerprint density at radius 2 is 2.53 bits per heavy atom. The van der Waals surface area contributed by atoms with Gasteiger partial charge in [0.25, 0.3) is 0 Å². The molecule has 0 atom stereocenters. The van der Waals surface area contributed by atoms with Gasteiger partial charge >= 0.3 is 0 Å². The highest BCUT2D eigenvalue weighted by Gasteiger charge is 2.21. The maximum atomic E-state index is 11.9. The number of rotatable bonds is 3. The van der Waals surface area contributed by atoms with E-state index in [9.17, 15) is 4.79 Å². The monoisotopic (exact) mass is 250 g/mol. The fourth-order valence-corrected chi connectivity index (χ4v) is 3.31. The van der Waals surface area contributed by atoms with Crippen LogP contribution in [-0.4, -0.2) is 28.3 Å². The first-order valence-corrected chi connectivity index (χ1v) is 6.55. The normalized spacial score (nSPS) is 15.1. The van der Waals surface area contributed by atoms with Gasteiger partial charge in [-0.05, 0) is 13.0 Å². The van der Waals surface area contributed by atoms with Crippen molar-refractivity contribution in [2.24, 2.45) is 5.73 Å². The number of Topliss-reactive ketones (excluding diaryl/α,β-unsaturated/α-hetero) is 1. The molecule has 5 nitrogen and oxygen atoms in total. The van der Waals surface area contributed by atoms with E-state index in [0.29, 0.717) is 18.7 Å². The minimum absolute atomic E-state index is 0.0752. The van der Waals surface area contributed by atoms with Crippen molar-refractivity contribution >= 4 is 22.1 Å². The van der Waals surface area contributed by atoms with Crippen LogP contribution in [0, 0.1) is 0 Å². The first-order valence-electron chi connectivity index (χ1n) is 5.73. The van der Waals surface area contributed by atoms with Crippen molar-refractivity contribution < 1.29 is 4.79 Å². The Hall–Kier alpha value is -1.24. The fraction of sp³-hybridized carbons (Fsp3) is 0.455. The zero-order chi connectivity index (χ0) is 11.8. The van der Waals surface area contributed by atoms with Crippen LogP contribution >= 0.6 is 11.3 Å². The quantitative estimate of drug-likeness (QED) is 0.781. The highest BCUT2D eigenvalue weighted by Crippen LogP contribution is 2.27. The van der Waals surface area contributed by atoms with E-state index in [4.69, 9.17) is 5.73 Å². The molecule has 3 heterocycles. The molecule has 0 aliphatic carbocycles. The van der Waals surface area contributed by atoms with Crippen LogP contribution in [0.4, 0.5) is 0 Å². The first kappa shape index (κ1) is 10.9. The number of ketones is 1. The second-order valence-electron chi connectivity index (χ2n) is 4.12. The SMILES string of the molecule is NCCC(=O)c1cnc2sc3c(n12)CNCC3. The lowest BCUT2D eigenvalue weighted by atomic mass is 10.2. The molecule has 90 valence electrons. The molecule has 0 bridgehead atoms. The smallest absolute Gasteiger partial charge is 0.194 e. The van der Waals surface area contributed by atoms with E-state index >= 15 is 0 Å². The second kappa shape index (κ2) is 4.21. The van der Waals surface area contributed by atoms with Crippen molar-refractivity contribution in [3.8, 4) is 0 Å². The topological polar surface area (TPSA) is 72.4 Å². The summed E-state index contributed by atoms with van der Waals surface area (Å²) in [5, 5.41) is 3.33. The van der Waals surface area contributed by atoms with Crippen molar-refractivity contribution in [2.75, 3.05) is 13.1 Å². The zero-order valence-corrected chi connectivity index (χ0v) is 10.2. The third-order valence-corrected chi connectivity index (χ3v) is 4.17. The number of aromatic nitrogens is 2. The van der Waals surface area contributed by atoms with Crippen molar-refractivity contribution in [2.45, 2.75) is 19.4 Å². The predicted octanol–water partition coefficient (Wildman–Crippen LogP) is 0.573. The van der Waals surface area contributed by atoms with Gasteiger partial charge in [-0.1, -0.05) is 0 Å². The van der Waals surface area contributed by atoms with Gasteiger partial charge in [0.2, 0.25) is 0 Å². The second-order valence-corrected chi connectivity index (χ2v) is 5.18. The molecule has 0 aromatic carbocycles. The van der Waals surface area contributed by atoms with Crippen LogP contribution in [0.2, 0.25) is 0 Å². The maximum Gasteiger partial charge on any atom is 0.194 e. The van der Waals surface area contributed by atoms with Gasteiger partial charge in [-0.25, -0.2) is 4.98 Å². The minimum atomic E-state index is 0.0752. The van der Waals surface area contributed by atoms with Gasteiger partial charge in [0.05, 0.1) is 11.9 Å². The Morgan fingerprint density at radius 1 is 1.65 bits per heavy atom. The number of nitrogens with one attached hydrogen (secondary N) is 1. The maximum absolute atomic E-state index is 11.9. The van der Waals surface area contributed by atoms with Crippen LogP contribution in [0.1, 0.15) is 27.5 Å². The Kier molecular flexibility index (Phi) is 2.70.